The number of hydrogen-bond acceptors (Lipinski definition) is 3. The Morgan fingerprint density at radius 1 is 1.53 bits per heavy atom. The van der Waals surface area contributed by atoms with Gasteiger partial charge in [-0.15, -0.1) is 0 Å². The van der Waals surface area contributed by atoms with E-state index in [1.54, 1.807) is 12.1 Å². The Balaban J connectivity index is 2.81. The van der Waals surface area contributed by atoms with E-state index in [-0.39, 0.29) is 11.9 Å². The molecule has 0 bridgehead atoms. The molecule has 1 aromatic rings. The smallest absolute Gasteiger partial charge is 0.319 e. The van der Waals surface area contributed by atoms with Crippen LogP contribution in [0.3, 0.4) is 0 Å². The van der Waals surface area contributed by atoms with Gasteiger partial charge < -0.3 is 21.6 Å². The highest BCUT2D eigenvalue weighted by molar-refractivity contribution is 6.31. The summed E-state index contributed by atoms with van der Waals surface area (Å²) in [5.74, 6) is -0.0967. The summed E-state index contributed by atoms with van der Waals surface area (Å²) < 4.78 is 0. The second-order valence-corrected chi connectivity index (χ2v) is 4.35. The van der Waals surface area contributed by atoms with Crippen molar-refractivity contribution in [3.63, 3.8) is 0 Å². The first-order valence-corrected chi connectivity index (χ1v) is 6.28. The number of oxime groups is 1. The Hall–Kier alpha value is -1.95. The number of nitrogens with two attached hydrogens (primary N) is 1. The number of halogens is 1. The fourth-order valence-corrected chi connectivity index (χ4v) is 1.61. The lowest BCUT2D eigenvalue weighted by molar-refractivity contribution is 0.252. The van der Waals surface area contributed by atoms with E-state index in [2.05, 4.69) is 15.8 Å². The number of anilines is 1. The number of amidine groups is 1. The van der Waals surface area contributed by atoms with Gasteiger partial charge in [0.1, 0.15) is 0 Å². The van der Waals surface area contributed by atoms with E-state index in [1.165, 1.54) is 6.07 Å². The monoisotopic (exact) mass is 284 g/mol. The normalized spacial score (nSPS) is 11.2. The SMILES string of the molecule is CCCCNC(=O)Nc1cc(Cl)ccc1C(N)=NO. The number of benzene rings is 1. The summed E-state index contributed by atoms with van der Waals surface area (Å²) in [7, 11) is 0. The summed E-state index contributed by atoms with van der Waals surface area (Å²) >= 11 is 5.86. The minimum Gasteiger partial charge on any atom is -0.409 e. The van der Waals surface area contributed by atoms with E-state index < -0.39 is 0 Å². The van der Waals surface area contributed by atoms with Crippen LogP contribution in [0, 0.1) is 0 Å². The van der Waals surface area contributed by atoms with Gasteiger partial charge in [0, 0.05) is 17.1 Å². The first-order chi connectivity index (χ1) is 9.08. The Morgan fingerprint density at radius 2 is 2.26 bits per heavy atom. The Morgan fingerprint density at radius 3 is 2.89 bits per heavy atom. The van der Waals surface area contributed by atoms with Gasteiger partial charge in [-0.25, -0.2) is 4.79 Å². The summed E-state index contributed by atoms with van der Waals surface area (Å²) in [6.07, 6.45) is 1.89. The Kier molecular flexibility index (Phi) is 5.95. The number of urea groups is 1. The number of unbranched alkanes of at least 4 members (excludes halogenated alkanes) is 1. The van der Waals surface area contributed by atoms with Crippen molar-refractivity contribution in [2.75, 3.05) is 11.9 Å². The first kappa shape index (κ1) is 15.1. The summed E-state index contributed by atoms with van der Waals surface area (Å²) in [5, 5.41) is 17.4. The zero-order valence-corrected chi connectivity index (χ0v) is 11.4. The summed E-state index contributed by atoms with van der Waals surface area (Å²) in [5.41, 5.74) is 6.31. The maximum Gasteiger partial charge on any atom is 0.319 e. The van der Waals surface area contributed by atoms with Crippen LogP contribution in [0.1, 0.15) is 25.3 Å². The summed E-state index contributed by atoms with van der Waals surface area (Å²) in [6, 6.07) is 4.34. The van der Waals surface area contributed by atoms with Gasteiger partial charge in [-0.3, -0.25) is 0 Å². The number of hydrogen-bond donors (Lipinski definition) is 4. The Bertz CT molecular complexity index is 477. The van der Waals surface area contributed by atoms with Crippen molar-refractivity contribution < 1.29 is 10.0 Å². The standard InChI is InChI=1S/C12H17ClN4O2/c1-2-3-6-15-12(18)16-10-7-8(13)4-5-9(10)11(14)17-19/h4-5,7,19H,2-3,6H2,1H3,(H2,14,17)(H2,15,16,18). The maximum atomic E-state index is 11.7. The highest BCUT2D eigenvalue weighted by Crippen LogP contribution is 2.20. The predicted octanol–water partition coefficient (Wildman–Crippen LogP) is 2.36. The number of amides is 2. The van der Waals surface area contributed by atoms with Crippen molar-refractivity contribution >= 4 is 29.2 Å². The number of nitrogens with zero attached hydrogens (tertiary/aromatic N) is 1. The van der Waals surface area contributed by atoms with Gasteiger partial charge in [0.15, 0.2) is 5.84 Å². The van der Waals surface area contributed by atoms with Gasteiger partial charge in [-0.05, 0) is 24.6 Å². The third-order valence-corrected chi connectivity index (χ3v) is 2.66. The van der Waals surface area contributed by atoms with Crippen LogP contribution in [0.4, 0.5) is 10.5 Å². The van der Waals surface area contributed by atoms with Crippen LogP contribution in [0.5, 0.6) is 0 Å². The maximum absolute atomic E-state index is 11.7. The molecule has 7 heteroatoms. The molecule has 5 N–H and O–H groups in total. The van der Waals surface area contributed by atoms with Crippen LogP contribution in [0.25, 0.3) is 0 Å². The summed E-state index contributed by atoms with van der Waals surface area (Å²) in [4.78, 5) is 11.7. The highest BCUT2D eigenvalue weighted by Gasteiger charge is 2.10. The van der Waals surface area contributed by atoms with Crippen molar-refractivity contribution in [1.29, 1.82) is 0 Å². The predicted molar refractivity (Wildman–Crippen MR) is 75.9 cm³/mol. The molecule has 0 aromatic heterocycles. The van der Waals surface area contributed by atoms with Crippen molar-refractivity contribution in [2.45, 2.75) is 19.8 Å². The van der Waals surface area contributed by atoms with E-state index >= 15 is 0 Å². The molecule has 0 unspecified atom stereocenters. The third kappa shape index (κ3) is 4.67. The quantitative estimate of drug-likeness (QED) is 0.219. The average Bonchev–Trinajstić information content (AvgIpc) is 2.38. The van der Waals surface area contributed by atoms with Crippen LogP contribution in [-0.2, 0) is 0 Å². The molecule has 0 aliphatic heterocycles. The van der Waals surface area contributed by atoms with E-state index in [0.717, 1.165) is 12.8 Å². The van der Waals surface area contributed by atoms with E-state index in [4.69, 9.17) is 22.5 Å². The molecule has 0 aliphatic rings. The second-order valence-electron chi connectivity index (χ2n) is 3.91. The van der Waals surface area contributed by atoms with Crippen LogP contribution in [0.2, 0.25) is 5.02 Å². The van der Waals surface area contributed by atoms with Crippen LogP contribution < -0.4 is 16.4 Å². The van der Waals surface area contributed by atoms with Crippen LogP contribution >= 0.6 is 11.6 Å². The number of nitrogens with one attached hydrogen (secondary N) is 2. The third-order valence-electron chi connectivity index (χ3n) is 2.43. The molecule has 2 amide bonds. The highest BCUT2D eigenvalue weighted by atomic mass is 35.5. The number of carbonyl (C=O) groups is 1. The molecule has 0 aliphatic carbocycles. The molecule has 19 heavy (non-hydrogen) atoms. The van der Waals surface area contributed by atoms with Gasteiger partial charge in [0.2, 0.25) is 0 Å². The molecule has 0 saturated heterocycles. The van der Waals surface area contributed by atoms with Crippen LogP contribution in [-0.4, -0.2) is 23.6 Å². The molecular weight excluding hydrogens is 268 g/mol. The number of rotatable bonds is 5. The van der Waals surface area contributed by atoms with Gasteiger partial charge in [0.05, 0.1) is 5.69 Å². The molecule has 0 spiro atoms. The van der Waals surface area contributed by atoms with Crippen molar-refractivity contribution in [2.24, 2.45) is 10.9 Å². The zero-order chi connectivity index (χ0) is 14.3. The average molecular weight is 285 g/mol. The van der Waals surface area contributed by atoms with Gasteiger partial charge in [-0.1, -0.05) is 30.1 Å². The molecule has 1 aromatic carbocycles. The lowest BCUT2D eigenvalue weighted by Crippen LogP contribution is -2.30. The largest absolute Gasteiger partial charge is 0.409 e. The van der Waals surface area contributed by atoms with E-state index in [1.807, 2.05) is 6.92 Å². The second kappa shape index (κ2) is 7.48. The molecule has 0 heterocycles. The fraction of sp³-hybridized carbons (Fsp3) is 0.333. The zero-order valence-electron chi connectivity index (χ0n) is 10.6. The molecule has 0 fully saturated rings. The van der Waals surface area contributed by atoms with Crippen molar-refractivity contribution in [1.82, 2.24) is 5.32 Å². The minimum atomic E-state index is -0.359. The Labute approximate surface area is 116 Å². The van der Waals surface area contributed by atoms with Crippen molar-refractivity contribution in [3.05, 3.63) is 28.8 Å². The first-order valence-electron chi connectivity index (χ1n) is 5.90. The molecule has 1 rings (SSSR count). The summed E-state index contributed by atoms with van der Waals surface area (Å²) in [6.45, 7) is 2.62. The van der Waals surface area contributed by atoms with Gasteiger partial charge in [-0.2, -0.15) is 0 Å². The molecule has 104 valence electrons. The van der Waals surface area contributed by atoms with E-state index in [9.17, 15) is 4.79 Å². The topological polar surface area (TPSA) is 99.7 Å². The molecule has 6 nitrogen and oxygen atoms in total. The lowest BCUT2D eigenvalue weighted by Gasteiger charge is -2.11. The molecule has 0 radical (unpaired) electrons. The van der Waals surface area contributed by atoms with Crippen LogP contribution in [0.15, 0.2) is 23.4 Å². The van der Waals surface area contributed by atoms with Gasteiger partial charge >= 0.3 is 6.03 Å². The van der Waals surface area contributed by atoms with Gasteiger partial charge in [0.25, 0.3) is 0 Å². The van der Waals surface area contributed by atoms with Crippen molar-refractivity contribution in [3.8, 4) is 0 Å². The fourth-order valence-electron chi connectivity index (χ4n) is 1.44. The molecule has 0 atom stereocenters. The molecular formula is C12H17ClN4O2. The van der Waals surface area contributed by atoms with E-state index in [0.29, 0.717) is 22.8 Å². The minimum absolute atomic E-state index is 0.0967. The number of carbonyl (C=O) groups excluding carboxylic acids is 1. The molecule has 0 saturated carbocycles. The lowest BCUT2D eigenvalue weighted by atomic mass is 10.1.